The molecule has 1 aliphatic rings. The molecule has 0 unspecified atom stereocenters. The highest BCUT2D eigenvalue weighted by Gasteiger charge is 2.26. The Hall–Kier alpha value is -2.68. The second-order valence-corrected chi connectivity index (χ2v) is 8.98. The molecule has 0 bridgehead atoms. The van der Waals surface area contributed by atoms with E-state index in [-0.39, 0.29) is 25.1 Å². The maximum absolute atomic E-state index is 12.0. The number of hydrogen-bond acceptors (Lipinski definition) is 7. The highest BCUT2D eigenvalue weighted by molar-refractivity contribution is 6.33. The van der Waals surface area contributed by atoms with Crippen molar-refractivity contribution in [2.45, 2.75) is 60.4 Å². The van der Waals surface area contributed by atoms with Gasteiger partial charge in [0.2, 0.25) is 5.88 Å². The average molecular weight is 477 g/mol. The quantitative estimate of drug-likeness (QED) is 0.445. The van der Waals surface area contributed by atoms with Gasteiger partial charge in [-0.2, -0.15) is 15.2 Å². The summed E-state index contributed by atoms with van der Waals surface area (Å²) in [5, 5.41) is 9.01. The molecule has 3 aromatic rings. The van der Waals surface area contributed by atoms with E-state index < -0.39 is 5.97 Å². The smallest absolute Gasteiger partial charge is 0.341 e. The van der Waals surface area contributed by atoms with E-state index in [0.29, 0.717) is 28.4 Å². The lowest BCUT2D eigenvalue weighted by molar-refractivity contribution is 0.0526. The van der Waals surface area contributed by atoms with E-state index in [1.807, 2.05) is 4.68 Å². The van der Waals surface area contributed by atoms with Crippen molar-refractivity contribution in [2.75, 3.05) is 13.7 Å². The van der Waals surface area contributed by atoms with Crippen LogP contribution >= 0.6 is 11.6 Å². The van der Waals surface area contributed by atoms with Crippen molar-refractivity contribution in [3.63, 3.8) is 0 Å². The average Bonchev–Trinajstić information content (AvgIpc) is 3.39. The van der Waals surface area contributed by atoms with Crippen LogP contribution in [0.5, 0.6) is 5.88 Å². The number of nitrogens with zero attached hydrogens (tertiary/aromatic N) is 6. The van der Waals surface area contributed by atoms with Gasteiger partial charge in [-0.3, -0.25) is 4.68 Å². The summed E-state index contributed by atoms with van der Waals surface area (Å²) in [6, 6.07) is 0. The van der Waals surface area contributed by atoms with E-state index in [1.165, 1.54) is 42.8 Å². The molecular weight excluding hydrogens is 444 g/mol. The highest BCUT2D eigenvalue weighted by Crippen LogP contribution is 2.36. The summed E-state index contributed by atoms with van der Waals surface area (Å²) in [6.45, 7) is 7.40. The molecule has 9 nitrogen and oxygen atoms in total. The molecule has 4 rings (SSSR count). The van der Waals surface area contributed by atoms with Crippen molar-refractivity contribution in [3.05, 3.63) is 23.1 Å². The van der Waals surface area contributed by atoms with E-state index in [9.17, 15) is 4.79 Å². The van der Waals surface area contributed by atoms with Crippen LogP contribution in [-0.4, -0.2) is 49.2 Å². The predicted octanol–water partition coefficient (Wildman–Crippen LogP) is 4.95. The molecule has 1 aliphatic carbocycles. The molecule has 180 valence electrons. The SMILES string of the molecule is C.CCOC(=O)c1cnn(-c2nc(OC)c3c(n2)c(Cl)nn3CC2CCC(C(C)C)CC2)c1. The summed E-state index contributed by atoms with van der Waals surface area (Å²) in [5.41, 5.74) is 1.48. The van der Waals surface area contributed by atoms with Crippen molar-refractivity contribution in [1.29, 1.82) is 0 Å². The van der Waals surface area contributed by atoms with Crippen molar-refractivity contribution >= 4 is 28.6 Å². The molecule has 0 saturated heterocycles. The number of halogens is 1. The number of methoxy groups -OCH3 is 1. The highest BCUT2D eigenvalue weighted by atomic mass is 35.5. The Morgan fingerprint density at radius 1 is 1.24 bits per heavy atom. The fourth-order valence-electron chi connectivity index (χ4n) is 4.41. The van der Waals surface area contributed by atoms with Gasteiger partial charge >= 0.3 is 5.97 Å². The minimum Gasteiger partial charge on any atom is -0.479 e. The predicted molar refractivity (Wildman–Crippen MR) is 127 cm³/mol. The summed E-state index contributed by atoms with van der Waals surface area (Å²) in [6.07, 6.45) is 7.77. The zero-order chi connectivity index (χ0) is 22.8. The largest absolute Gasteiger partial charge is 0.479 e. The van der Waals surface area contributed by atoms with Gasteiger partial charge in [0.05, 0.1) is 25.5 Å². The number of carbonyl (C=O) groups excluding carboxylic acids is 1. The van der Waals surface area contributed by atoms with E-state index in [2.05, 4.69) is 34.0 Å². The molecule has 33 heavy (non-hydrogen) atoms. The van der Waals surface area contributed by atoms with Crippen molar-refractivity contribution in [1.82, 2.24) is 29.5 Å². The third kappa shape index (κ3) is 5.13. The molecule has 10 heteroatoms. The Morgan fingerprint density at radius 3 is 2.61 bits per heavy atom. The first-order valence-electron chi connectivity index (χ1n) is 11.1. The van der Waals surface area contributed by atoms with Crippen molar-refractivity contribution in [3.8, 4) is 11.8 Å². The van der Waals surface area contributed by atoms with Gasteiger partial charge in [-0.05, 0) is 50.4 Å². The maximum atomic E-state index is 12.0. The molecule has 3 aromatic heterocycles. The third-order valence-electron chi connectivity index (χ3n) is 6.26. The topological polar surface area (TPSA) is 96.9 Å². The number of ether oxygens (including phenoxy) is 2. The summed E-state index contributed by atoms with van der Waals surface area (Å²) >= 11 is 6.46. The molecule has 0 aliphatic heterocycles. The number of hydrogen-bond donors (Lipinski definition) is 0. The van der Waals surface area contributed by atoms with Crippen LogP contribution in [0.4, 0.5) is 0 Å². The number of aromatic nitrogens is 6. The van der Waals surface area contributed by atoms with Gasteiger partial charge in [-0.1, -0.05) is 32.9 Å². The second kappa shape index (κ2) is 10.5. The Labute approximate surface area is 199 Å². The van der Waals surface area contributed by atoms with E-state index in [0.717, 1.165) is 18.4 Å². The van der Waals surface area contributed by atoms with E-state index in [4.69, 9.17) is 21.1 Å². The molecule has 0 radical (unpaired) electrons. The van der Waals surface area contributed by atoms with Gasteiger partial charge in [-0.15, -0.1) is 0 Å². The fraction of sp³-hybridized carbons (Fsp3) is 0.609. The van der Waals surface area contributed by atoms with Crippen LogP contribution in [0.1, 0.15) is 64.2 Å². The summed E-state index contributed by atoms with van der Waals surface area (Å²) in [7, 11) is 1.55. The van der Waals surface area contributed by atoms with Crippen LogP contribution in [0.15, 0.2) is 12.4 Å². The van der Waals surface area contributed by atoms with Gasteiger partial charge in [0, 0.05) is 12.7 Å². The Kier molecular flexibility index (Phi) is 7.94. The van der Waals surface area contributed by atoms with Gasteiger partial charge in [-0.25, -0.2) is 14.5 Å². The van der Waals surface area contributed by atoms with E-state index in [1.54, 1.807) is 14.0 Å². The zero-order valence-electron chi connectivity index (χ0n) is 18.9. The first-order chi connectivity index (χ1) is 15.4. The first kappa shape index (κ1) is 25.0. The summed E-state index contributed by atoms with van der Waals surface area (Å²) in [4.78, 5) is 21.0. The Morgan fingerprint density at radius 2 is 1.97 bits per heavy atom. The van der Waals surface area contributed by atoms with Gasteiger partial charge in [0.15, 0.2) is 10.7 Å². The number of rotatable bonds is 7. The van der Waals surface area contributed by atoms with Crippen LogP contribution in [0.25, 0.3) is 17.0 Å². The normalized spacial score (nSPS) is 18.4. The van der Waals surface area contributed by atoms with E-state index >= 15 is 0 Å². The third-order valence-corrected chi connectivity index (χ3v) is 6.51. The standard InChI is InChI=1S/C22H29ClN6O3.CH4/c1-5-32-21(30)16-10-24-29(12-16)22-25-17-18(20(26-22)31-4)28(27-19(17)23)11-14-6-8-15(9-7-14)13(2)3;/h10,12-15H,5-9,11H2,1-4H3;1H4. The molecular formula is C23H33ClN6O3. The fourth-order valence-corrected chi connectivity index (χ4v) is 4.64. The van der Waals surface area contributed by atoms with Crippen LogP contribution in [0, 0.1) is 17.8 Å². The zero-order valence-corrected chi connectivity index (χ0v) is 19.7. The van der Waals surface area contributed by atoms with Gasteiger partial charge in [0.25, 0.3) is 5.95 Å². The molecule has 1 saturated carbocycles. The first-order valence-corrected chi connectivity index (χ1v) is 11.5. The molecule has 0 spiro atoms. The Balaban J connectivity index is 0.00000306. The summed E-state index contributed by atoms with van der Waals surface area (Å²) < 4.78 is 13.9. The van der Waals surface area contributed by atoms with Crippen LogP contribution < -0.4 is 4.74 Å². The minimum atomic E-state index is -0.454. The maximum Gasteiger partial charge on any atom is 0.341 e. The van der Waals surface area contributed by atoms with Crippen LogP contribution in [0.3, 0.4) is 0 Å². The lowest BCUT2D eigenvalue weighted by Gasteiger charge is -2.30. The van der Waals surface area contributed by atoms with Crippen molar-refractivity contribution < 1.29 is 14.3 Å². The van der Waals surface area contributed by atoms with Gasteiger partial charge < -0.3 is 9.47 Å². The lowest BCUT2D eigenvalue weighted by Crippen LogP contribution is -2.22. The Bertz CT molecular complexity index is 1100. The summed E-state index contributed by atoms with van der Waals surface area (Å²) in [5.74, 6) is 2.22. The lowest BCUT2D eigenvalue weighted by atomic mass is 9.77. The monoisotopic (exact) mass is 476 g/mol. The van der Waals surface area contributed by atoms with Crippen LogP contribution in [-0.2, 0) is 11.3 Å². The second-order valence-electron chi connectivity index (χ2n) is 8.62. The molecule has 0 amide bonds. The molecule has 0 aromatic carbocycles. The number of carbonyl (C=O) groups is 1. The molecule has 3 heterocycles. The van der Waals surface area contributed by atoms with Gasteiger partial charge in [0.1, 0.15) is 5.52 Å². The van der Waals surface area contributed by atoms with Crippen LogP contribution in [0.2, 0.25) is 5.15 Å². The minimum absolute atomic E-state index is 0. The van der Waals surface area contributed by atoms with Crippen molar-refractivity contribution in [2.24, 2.45) is 17.8 Å². The molecule has 0 N–H and O–H groups in total. The number of esters is 1. The number of fused-ring (bicyclic) bond motifs is 1. The molecule has 1 fully saturated rings. The molecule has 0 atom stereocenters.